The first-order chi connectivity index (χ1) is 13.3. The summed E-state index contributed by atoms with van der Waals surface area (Å²) in [5.41, 5.74) is 4.76. The maximum Gasteiger partial charge on any atom is 0.240 e. The van der Waals surface area contributed by atoms with Crippen LogP contribution in [-0.4, -0.2) is 40.3 Å². The molecule has 0 saturated heterocycles. The van der Waals surface area contributed by atoms with Crippen molar-refractivity contribution < 1.29 is 9.47 Å². The lowest BCUT2D eigenvalue weighted by Gasteiger charge is -2.18. The molecule has 4 heterocycles. The molecule has 0 atom stereocenters. The fraction of sp³-hybridized carbons (Fsp3) is 0.300. The van der Waals surface area contributed by atoms with Crippen LogP contribution in [0.2, 0.25) is 0 Å². The predicted octanol–water partition coefficient (Wildman–Crippen LogP) is 4.17. The maximum absolute atomic E-state index is 5.69. The summed E-state index contributed by atoms with van der Waals surface area (Å²) in [7, 11) is 1.71. The SMILES string of the molecule is COCCC=C1CCOc2ncc(-c3sc(-c4cccnc4)nc3C)nc21. The number of hydrogen-bond donors (Lipinski definition) is 0. The lowest BCUT2D eigenvalue weighted by molar-refractivity contribution is 0.204. The largest absolute Gasteiger partial charge is 0.476 e. The molecule has 0 aromatic carbocycles. The number of nitrogens with zero attached hydrogens (tertiary/aromatic N) is 4. The second kappa shape index (κ2) is 7.94. The molecule has 4 rings (SSSR count). The Labute approximate surface area is 162 Å². The third-order valence-electron chi connectivity index (χ3n) is 4.30. The standard InChI is InChI=1S/C20H20N4O2S/c1-13-18(27-20(23-13)15-5-3-8-21-11-15)16-12-22-19-17(24-16)14(7-10-26-19)6-4-9-25-2/h3,5-6,8,11-12H,4,7,9-10H2,1-2H3. The van der Waals surface area contributed by atoms with Crippen molar-refractivity contribution in [3.63, 3.8) is 0 Å². The van der Waals surface area contributed by atoms with E-state index < -0.39 is 0 Å². The Balaban J connectivity index is 1.71. The Hall–Kier alpha value is -2.64. The van der Waals surface area contributed by atoms with Crippen LogP contribution >= 0.6 is 11.3 Å². The molecular formula is C20H20N4O2S. The van der Waals surface area contributed by atoms with E-state index in [0.29, 0.717) is 19.1 Å². The molecular weight excluding hydrogens is 360 g/mol. The zero-order valence-corrected chi connectivity index (χ0v) is 16.1. The molecule has 27 heavy (non-hydrogen) atoms. The van der Waals surface area contributed by atoms with Crippen molar-refractivity contribution in [2.24, 2.45) is 0 Å². The molecule has 0 fully saturated rings. The van der Waals surface area contributed by atoms with E-state index in [4.69, 9.17) is 19.4 Å². The van der Waals surface area contributed by atoms with Gasteiger partial charge in [-0.1, -0.05) is 6.08 Å². The van der Waals surface area contributed by atoms with Crippen LogP contribution in [0.1, 0.15) is 24.2 Å². The van der Waals surface area contributed by atoms with Gasteiger partial charge in [0.15, 0.2) is 0 Å². The van der Waals surface area contributed by atoms with E-state index in [1.54, 1.807) is 30.8 Å². The zero-order valence-electron chi connectivity index (χ0n) is 15.3. The molecule has 1 aliphatic rings. The molecule has 0 bridgehead atoms. The van der Waals surface area contributed by atoms with Crippen molar-refractivity contribution in [3.8, 4) is 27.0 Å². The zero-order chi connectivity index (χ0) is 18.6. The summed E-state index contributed by atoms with van der Waals surface area (Å²) in [6.07, 6.45) is 9.20. The summed E-state index contributed by atoms with van der Waals surface area (Å²) in [5, 5.41) is 0.933. The van der Waals surface area contributed by atoms with Gasteiger partial charge >= 0.3 is 0 Å². The quantitative estimate of drug-likeness (QED) is 0.619. The van der Waals surface area contributed by atoms with E-state index in [2.05, 4.69) is 16.0 Å². The number of pyridine rings is 1. The molecule has 0 saturated carbocycles. The van der Waals surface area contributed by atoms with Gasteiger partial charge in [0, 0.05) is 38.1 Å². The van der Waals surface area contributed by atoms with Gasteiger partial charge in [-0.2, -0.15) is 0 Å². The van der Waals surface area contributed by atoms with Crippen molar-refractivity contribution >= 4 is 16.9 Å². The van der Waals surface area contributed by atoms with Gasteiger partial charge in [0.05, 0.1) is 23.4 Å². The molecule has 3 aromatic rings. The van der Waals surface area contributed by atoms with Gasteiger partial charge in [-0.15, -0.1) is 11.3 Å². The predicted molar refractivity (Wildman–Crippen MR) is 106 cm³/mol. The van der Waals surface area contributed by atoms with Gasteiger partial charge in [-0.05, 0) is 31.1 Å². The minimum atomic E-state index is 0.600. The lowest BCUT2D eigenvalue weighted by atomic mass is 10.1. The van der Waals surface area contributed by atoms with Gasteiger partial charge in [0.1, 0.15) is 16.4 Å². The van der Waals surface area contributed by atoms with Crippen molar-refractivity contribution in [1.82, 2.24) is 19.9 Å². The highest BCUT2D eigenvalue weighted by molar-refractivity contribution is 7.18. The van der Waals surface area contributed by atoms with E-state index in [9.17, 15) is 0 Å². The molecule has 3 aromatic heterocycles. The first kappa shape index (κ1) is 17.8. The Morgan fingerprint density at radius 1 is 1.30 bits per heavy atom. The van der Waals surface area contributed by atoms with Gasteiger partial charge < -0.3 is 9.47 Å². The monoisotopic (exact) mass is 380 g/mol. The van der Waals surface area contributed by atoms with Crippen molar-refractivity contribution in [3.05, 3.63) is 48.2 Å². The molecule has 0 aliphatic carbocycles. The van der Waals surface area contributed by atoms with E-state index in [-0.39, 0.29) is 0 Å². The lowest BCUT2D eigenvalue weighted by Crippen LogP contribution is -2.11. The number of hydrogen-bond acceptors (Lipinski definition) is 7. The number of methoxy groups -OCH3 is 1. The van der Waals surface area contributed by atoms with E-state index >= 15 is 0 Å². The van der Waals surface area contributed by atoms with Crippen LogP contribution in [-0.2, 0) is 4.74 Å². The van der Waals surface area contributed by atoms with Gasteiger partial charge in [-0.3, -0.25) is 4.98 Å². The molecule has 1 aliphatic heterocycles. The molecule has 7 heteroatoms. The number of fused-ring (bicyclic) bond motifs is 1. The Bertz CT molecular complexity index is 969. The summed E-state index contributed by atoms with van der Waals surface area (Å²) >= 11 is 1.61. The van der Waals surface area contributed by atoms with Crippen LogP contribution in [0.25, 0.3) is 26.7 Å². The number of aromatic nitrogens is 4. The fourth-order valence-electron chi connectivity index (χ4n) is 2.97. The summed E-state index contributed by atoms with van der Waals surface area (Å²) in [4.78, 5) is 19.3. The third-order valence-corrected chi connectivity index (χ3v) is 5.53. The van der Waals surface area contributed by atoms with Crippen molar-refractivity contribution in [2.45, 2.75) is 19.8 Å². The highest BCUT2D eigenvalue weighted by atomic mass is 32.1. The third kappa shape index (κ3) is 3.74. The molecule has 0 radical (unpaired) electrons. The van der Waals surface area contributed by atoms with E-state index in [0.717, 1.165) is 50.9 Å². The minimum absolute atomic E-state index is 0.600. The minimum Gasteiger partial charge on any atom is -0.476 e. The number of thiazole rings is 1. The topological polar surface area (TPSA) is 70.0 Å². The number of ether oxygens (including phenoxy) is 2. The molecule has 0 amide bonds. The summed E-state index contributed by atoms with van der Waals surface area (Å²) < 4.78 is 10.8. The van der Waals surface area contributed by atoms with Crippen LogP contribution in [0.15, 0.2) is 36.8 Å². The Kier molecular flexibility index (Phi) is 5.22. The van der Waals surface area contributed by atoms with E-state index in [1.807, 2.05) is 25.3 Å². The van der Waals surface area contributed by atoms with Crippen LogP contribution in [0, 0.1) is 6.92 Å². The number of rotatable bonds is 5. The molecule has 138 valence electrons. The van der Waals surface area contributed by atoms with Crippen molar-refractivity contribution in [1.29, 1.82) is 0 Å². The van der Waals surface area contributed by atoms with Crippen LogP contribution in [0.5, 0.6) is 5.88 Å². The maximum atomic E-state index is 5.69. The number of aryl methyl sites for hydroxylation is 1. The Morgan fingerprint density at radius 2 is 2.22 bits per heavy atom. The first-order valence-corrected chi connectivity index (χ1v) is 9.64. The highest BCUT2D eigenvalue weighted by Crippen LogP contribution is 2.37. The second-order valence-corrected chi connectivity index (χ2v) is 7.19. The van der Waals surface area contributed by atoms with Crippen molar-refractivity contribution in [2.75, 3.05) is 20.3 Å². The van der Waals surface area contributed by atoms with Gasteiger partial charge in [-0.25, -0.2) is 15.0 Å². The smallest absolute Gasteiger partial charge is 0.240 e. The normalized spacial score (nSPS) is 14.8. The van der Waals surface area contributed by atoms with Gasteiger partial charge in [0.25, 0.3) is 0 Å². The van der Waals surface area contributed by atoms with Crippen LogP contribution in [0.4, 0.5) is 0 Å². The second-order valence-electron chi connectivity index (χ2n) is 6.19. The molecule has 6 nitrogen and oxygen atoms in total. The molecule has 0 unspecified atom stereocenters. The van der Waals surface area contributed by atoms with Crippen LogP contribution < -0.4 is 4.74 Å². The summed E-state index contributed by atoms with van der Waals surface area (Å²) in [6.45, 7) is 3.32. The fourth-order valence-corrected chi connectivity index (χ4v) is 3.99. The summed E-state index contributed by atoms with van der Waals surface area (Å²) in [5.74, 6) is 0.600. The molecule has 0 spiro atoms. The van der Waals surface area contributed by atoms with Crippen LogP contribution in [0.3, 0.4) is 0 Å². The molecule has 0 N–H and O–H groups in total. The van der Waals surface area contributed by atoms with Gasteiger partial charge in [0.2, 0.25) is 5.88 Å². The first-order valence-electron chi connectivity index (χ1n) is 8.82. The average Bonchev–Trinajstić information content (AvgIpc) is 3.10. The van der Waals surface area contributed by atoms with E-state index in [1.165, 1.54) is 0 Å². The summed E-state index contributed by atoms with van der Waals surface area (Å²) in [6, 6.07) is 3.93. The average molecular weight is 380 g/mol. The highest BCUT2D eigenvalue weighted by Gasteiger charge is 2.21. The Morgan fingerprint density at radius 3 is 3.04 bits per heavy atom.